The molecule has 2 aromatic rings. The van der Waals surface area contributed by atoms with Crippen LogP contribution in [0.15, 0.2) is 34.9 Å². The summed E-state index contributed by atoms with van der Waals surface area (Å²) in [6.07, 6.45) is 1.79. The van der Waals surface area contributed by atoms with Gasteiger partial charge in [0.05, 0.1) is 25.5 Å². The Morgan fingerprint density at radius 1 is 1.05 bits per heavy atom. The van der Waals surface area contributed by atoms with Gasteiger partial charge in [-0.3, -0.25) is 0 Å². The first-order valence-corrected chi connectivity index (χ1v) is 7.31. The van der Waals surface area contributed by atoms with Crippen LogP contribution in [0.5, 0.6) is 11.5 Å². The molecule has 114 valence electrons. The zero-order valence-corrected chi connectivity index (χ0v) is 13.1. The van der Waals surface area contributed by atoms with Crippen LogP contribution in [0.3, 0.4) is 0 Å². The first kappa shape index (κ1) is 15.4. The van der Waals surface area contributed by atoms with Crippen molar-refractivity contribution >= 4 is 0 Å². The molecule has 21 heavy (non-hydrogen) atoms. The molecule has 0 aliphatic rings. The van der Waals surface area contributed by atoms with Crippen LogP contribution >= 0.6 is 0 Å². The summed E-state index contributed by atoms with van der Waals surface area (Å²) in [7, 11) is 1.93. The molecule has 0 saturated heterocycles. The third-order valence-electron chi connectivity index (χ3n) is 3.27. The molecular formula is C17H23NO3. The smallest absolute Gasteiger partial charge is 0.161 e. The van der Waals surface area contributed by atoms with Gasteiger partial charge in [-0.2, -0.15) is 0 Å². The lowest BCUT2D eigenvalue weighted by molar-refractivity contribution is 0.287. The number of ether oxygens (including phenoxy) is 2. The first-order chi connectivity index (χ1) is 10.2. The third kappa shape index (κ3) is 3.58. The summed E-state index contributed by atoms with van der Waals surface area (Å²) in [5.41, 5.74) is 2.21. The van der Waals surface area contributed by atoms with E-state index in [1.807, 2.05) is 46.0 Å². The van der Waals surface area contributed by atoms with Gasteiger partial charge in [-0.15, -0.1) is 0 Å². The maximum atomic E-state index is 5.69. The molecule has 1 aromatic heterocycles. The van der Waals surface area contributed by atoms with Crippen LogP contribution in [-0.2, 0) is 0 Å². The Balaban J connectivity index is 2.35. The van der Waals surface area contributed by atoms with Crippen LogP contribution in [0.1, 0.15) is 36.8 Å². The topological polar surface area (TPSA) is 43.6 Å². The lowest BCUT2D eigenvalue weighted by atomic mass is 10.0. The van der Waals surface area contributed by atoms with Crippen molar-refractivity contribution in [3.8, 4) is 11.5 Å². The second-order valence-electron chi connectivity index (χ2n) is 4.78. The van der Waals surface area contributed by atoms with E-state index in [4.69, 9.17) is 13.9 Å². The predicted molar refractivity (Wildman–Crippen MR) is 83.1 cm³/mol. The summed E-state index contributed by atoms with van der Waals surface area (Å²) < 4.78 is 16.7. The summed E-state index contributed by atoms with van der Waals surface area (Å²) in [5, 5.41) is 3.31. The Hall–Kier alpha value is -1.94. The number of hydrogen-bond donors (Lipinski definition) is 1. The van der Waals surface area contributed by atoms with E-state index in [2.05, 4.69) is 11.4 Å². The van der Waals surface area contributed by atoms with Crippen molar-refractivity contribution in [2.75, 3.05) is 20.3 Å². The van der Waals surface area contributed by atoms with Crippen molar-refractivity contribution in [3.05, 3.63) is 47.4 Å². The Labute approximate surface area is 126 Å². The van der Waals surface area contributed by atoms with E-state index >= 15 is 0 Å². The maximum Gasteiger partial charge on any atom is 0.161 e. The summed E-state index contributed by atoms with van der Waals surface area (Å²) in [5.74, 6) is 2.46. The standard InChI is InChI=1S/C17H23NO3/c1-5-19-15-8-7-13(10-16(15)20-6-2)17(18-4)14-9-12(3)21-11-14/h7-11,17-18H,5-6H2,1-4H3. The van der Waals surface area contributed by atoms with Gasteiger partial charge in [-0.25, -0.2) is 0 Å². The van der Waals surface area contributed by atoms with Gasteiger partial charge < -0.3 is 19.2 Å². The van der Waals surface area contributed by atoms with E-state index in [0.29, 0.717) is 13.2 Å². The van der Waals surface area contributed by atoms with Crippen LogP contribution < -0.4 is 14.8 Å². The van der Waals surface area contributed by atoms with Gasteiger partial charge in [0.15, 0.2) is 11.5 Å². The van der Waals surface area contributed by atoms with Gasteiger partial charge in [0, 0.05) is 5.56 Å². The average Bonchev–Trinajstić information content (AvgIpc) is 2.89. The Morgan fingerprint density at radius 3 is 2.33 bits per heavy atom. The lowest BCUT2D eigenvalue weighted by Crippen LogP contribution is -2.17. The number of benzene rings is 1. The highest BCUT2D eigenvalue weighted by molar-refractivity contribution is 5.45. The molecule has 2 rings (SSSR count). The van der Waals surface area contributed by atoms with Crippen LogP contribution in [0, 0.1) is 6.92 Å². The fourth-order valence-electron chi connectivity index (χ4n) is 2.39. The highest BCUT2D eigenvalue weighted by atomic mass is 16.5. The van der Waals surface area contributed by atoms with E-state index < -0.39 is 0 Å². The largest absolute Gasteiger partial charge is 0.490 e. The van der Waals surface area contributed by atoms with Gasteiger partial charge in [0.25, 0.3) is 0 Å². The lowest BCUT2D eigenvalue weighted by Gasteiger charge is -2.18. The summed E-state index contributed by atoms with van der Waals surface area (Å²) in [6.45, 7) is 7.11. The van der Waals surface area contributed by atoms with Gasteiger partial charge in [-0.05, 0) is 51.6 Å². The van der Waals surface area contributed by atoms with Crippen molar-refractivity contribution in [1.29, 1.82) is 0 Å². The normalized spacial score (nSPS) is 12.2. The second kappa shape index (κ2) is 7.18. The molecule has 4 nitrogen and oxygen atoms in total. The van der Waals surface area contributed by atoms with Crippen molar-refractivity contribution in [2.45, 2.75) is 26.8 Å². The van der Waals surface area contributed by atoms with Crippen LogP contribution in [0.4, 0.5) is 0 Å². The van der Waals surface area contributed by atoms with Crippen LogP contribution in [0.2, 0.25) is 0 Å². The summed E-state index contributed by atoms with van der Waals surface area (Å²) >= 11 is 0. The molecule has 1 unspecified atom stereocenters. The van der Waals surface area contributed by atoms with Crippen LogP contribution in [-0.4, -0.2) is 20.3 Å². The monoisotopic (exact) mass is 289 g/mol. The third-order valence-corrected chi connectivity index (χ3v) is 3.27. The molecule has 0 bridgehead atoms. The fraction of sp³-hybridized carbons (Fsp3) is 0.412. The fourth-order valence-corrected chi connectivity index (χ4v) is 2.39. The molecule has 0 aliphatic carbocycles. The molecule has 0 radical (unpaired) electrons. The summed E-state index contributed by atoms with van der Waals surface area (Å²) in [4.78, 5) is 0. The minimum absolute atomic E-state index is 0.0670. The number of hydrogen-bond acceptors (Lipinski definition) is 4. The quantitative estimate of drug-likeness (QED) is 0.844. The average molecular weight is 289 g/mol. The maximum absolute atomic E-state index is 5.69. The number of nitrogens with one attached hydrogen (secondary N) is 1. The van der Waals surface area contributed by atoms with Crippen molar-refractivity contribution < 1.29 is 13.9 Å². The Kier molecular flexibility index (Phi) is 5.28. The second-order valence-corrected chi connectivity index (χ2v) is 4.78. The Morgan fingerprint density at radius 2 is 1.76 bits per heavy atom. The predicted octanol–water partition coefficient (Wildman–Crippen LogP) is 3.69. The van der Waals surface area contributed by atoms with Crippen molar-refractivity contribution in [3.63, 3.8) is 0 Å². The molecule has 1 aromatic carbocycles. The molecule has 4 heteroatoms. The van der Waals surface area contributed by atoms with Crippen molar-refractivity contribution in [2.24, 2.45) is 0 Å². The van der Waals surface area contributed by atoms with Gasteiger partial charge >= 0.3 is 0 Å². The zero-order chi connectivity index (χ0) is 15.2. The van der Waals surface area contributed by atoms with E-state index in [1.165, 1.54) is 0 Å². The molecule has 1 atom stereocenters. The molecule has 0 saturated carbocycles. The molecule has 0 amide bonds. The first-order valence-electron chi connectivity index (χ1n) is 7.31. The molecule has 1 heterocycles. The highest BCUT2D eigenvalue weighted by Gasteiger charge is 2.16. The van der Waals surface area contributed by atoms with E-state index in [1.54, 1.807) is 6.26 Å². The van der Waals surface area contributed by atoms with E-state index in [-0.39, 0.29) is 6.04 Å². The molecule has 0 aliphatic heterocycles. The highest BCUT2D eigenvalue weighted by Crippen LogP contribution is 2.33. The molecule has 0 fully saturated rings. The molecule has 0 spiro atoms. The number of rotatable bonds is 7. The van der Waals surface area contributed by atoms with E-state index in [0.717, 1.165) is 28.4 Å². The summed E-state index contributed by atoms with van der Waals surface area (Å²) in [6, 6.07) is 8.14. The van der Waals surface area contributed by atoms with Gasteiger partial charge in [-0.1, -0.05) is 6.07 Å². The number of aryl methyl sites for hydroxylation is 1. The van der Waals surface area contributed by atoms with Crippen molar-refractivity contribution in [1.82, 2.24) is 5.32 Å². The zero-order valence-electron chi connectivity index (χ0n) is 13.1. The van der Waals surface area contributed by atoms with Gasteiger partial charge in [0.1, 0.15) is 5.76 Å². The number of furan rings is 1. The Bertz CT molecular complexity index is 577. The minimum atomic E-state index is 0.0670. The van der Waals surface area contributed by atoms with E-state index in [9.17, 15) is 0 Å². The minimum Gasteiger partial charge on any atom is -0.490 e. The molecule has 1 N–H and O–H groups in total. The SMILES string of the molecule is CCOc1ccc(C(NC)c2coc(C)c2)cc1OCC. The van der Waals surface area contributed by atoms with Crippen LogP contribution in [0.25, 0.3) is 0 Å². The van der Waals surface area contributed by atoms with Gasteiger partial charge in [0.2, 0.25) is 0 Å². The molecular weight excluding hydrogens is 266 g/mol.